The molecule has 0 aliphatic heterocycles. The molecule has 1 atom stereocenters. The van der Waals surface area contributed by atoms with E-state index in [9.17, 15) is 0 Å². The van der Waals surface area contributed by atoms with Gasteiger partial charge in [0.15, 0.2) is 0 Å². The van der Waals surface area contributed by atoms with Crippen molar-refractivity contribution in [2.45, 2.75) is 45.6 Å². The lowest BCUT2D eigenvalue weighted by molar-refractivity contribution is 0.294. The van der Waals surface area contributed by atoms with Crippen LogP contribution in [0.25, 0.3) is 0 Å². The highest BCUT2D eigenvalue weighted by atomic mass is 15.1. The maximum absolute atomic E-state index is 5.70. The lowest BCUT2D eigenvalue weighted by Gasteiger charge is -2.19. The van der Waals surface area contributed by atoms with Crippen LogP contribution < -0.4 is 5.73 Å². The van der Waals surface area contributed by atoms with Gasteiger partial charge in [0.2, 0.25) is 0 Å². The average molecular weight is 198 g/mol. The number of hydrogen-bond donors (Lipinski definition) is 1. The van der Waals surface area contributed by atoms with Gasteiger partial charge in [-0.05, 0) is 39.3 Å². The molecular weight excluding hydrogens is 172 g/mol. The Morgan fingerprint density at radius 2 is 2.07 bits per heavy atom. The lowest BCUT2D eigenvalue weighted by atomic mass is 10.1. The zero-order chi connectivity index (χ0) is 10.8. The Bertz CT molecular complexity index is 132. The summed E-state index contributed by atoms with van der Waals surface area (Å²) in [4.78, 5) is 2.45. The minimum absolute atomic E-state index is 0.356. The van der Waals surface area contributed by atoms with Crippen LogP contribution in [0.3, 0.4) is 0 Å². The monoisotopic (exact) mass is 198 g/mol. The van der Waals surface area contributed by atoms with Gasteiger partial charge in [0.25, 0.3) is 0 Å². The van der Waals surface area contributed by atoms with Gasteiger partial charge in [-0.3, -0.25) is 4.90 Å². The third kappa shape index (κ3) is 8.27. The Morgan fingerprint density at radius 3 is 2.57 bits per heavy atom. The van der Waals surface area contributed by atoms with Crippen molar-refractivity contribution in [3.05, 3.63) is 12.7 Å². The molecule has 14 heavy (non-hydrogen) atoms. The average Bonchev–Trinajstić information content (AvgIpc) is 2.12. The van der Waals surface area contributed by atoms with Crippen LogP contribution in [0.1, 0.15) is 39.5 Å². The van der Waals surface area contributed by atoms with Gasteiger partial charge in [0.1, 0.15) is 0 Å². The first-order valence-corrected chi connectivity index (χ1v) is 5.79. The van der Waals surface area contributed by atoms with Crippen LogP contribution in [-0.4, -0.2) is 30.6 Å². The highest BCUT2D eigenvalue weighted by Gasteiger charge is 2.01. The molecule has 2 N–H and O–H groups in total. The van der Waals surface area contributed by atoms with E-state index in [0.29, 0.717) is 6.04 Å². The molecule has 0 aliphatic carbocycles. The van der Waals surface area contributed by atoms with E-state index in [4.69, 9.17) is 5.73 Å². The molecule has 0 aromatic carbocycles. The Labute approximate surface area is 89.2 Å². The minimum atomic E-state index is 0.356. The summed E-state index contributed by atoms with van der Waals surface area (Å²) in [6.07, 6.45) is 6.86. The summed E-state index contributed by atoms with van der Waals surface area (Å²) in [5.74, 6) is 0. The Morgan fingerprint density at radius 1 is 1.36 bits per heavy atom. The maximum Gasteiger partial charge on any atom is 0.0160 e. The third-order valence-electron chi connectivity index (χ3n) is 2.31. The normalized spacial score (nSPS) is 13.1. The van der Waals surface area contributed by atoms with Crippen LogP contribution in [-0.2, 0) is 0 Å². The van der Waals surface area contributed by atoms with Crippen molar-refractivity contribution in [1.29, 1.82) is 0 Å². The first kappa shape index (κ1) is 13.7. The fraction of sp³-hybridized carbons (Fsp3) is 0.833. The Hall–Kier alpha value is -0.340. The smallest absolute Gasteiger partial charge is 0.0160 e. The van der Waals surface area contributed by atoms with E-state index in [2.05, 4.69) is 25.3 Å². The van der Waals surface area contributed by atoms with E-state index in [1.807, 2.05) is 6.08 Å². The molecule has 0 aromatic rings. The first-order valence-electron chi connectivity index (χ1n) is 5.79. The maximum atomic E-state index is 5.70. The molecule has 0 saturated heterocycles. The van der Waals surface area contributed by atoms with E-state index in [-0.39, 0.29) is 0 Å². The fourth-order valence-electron chi connectivity index (χ4n) is 1.59. The Balaban J connectivity index is 3.44. The van der Waals surface area contributed by atoms with Crippen LogP contribution in [0.2, 0.25) is 0 Å². The molecular formula is C12H26N2. The molecule has 0 rings (SSSR count). The quantitative estimate of drug-likeness (QED) is 0.455. The summed E-state index contributed by atoms with van der Waals surface area (Å²) in [7, 11) is 0. The largest absolute Gasteiger partial charge is 0.328 e. The van der Waals surface area contributed by atoms with Crippen LogP contribution in [0, 0.1) is 0 Å². The molecule has 84 valence electrons. The van der Waals surface area contributed by atoms with Crippen LogP contribution in [0.15, 0.2) is 12.7 Å². The Kier molecular flexibility index (Phi) is 9.00. The lowest BCUT2D eigenvalue weighted by Crippen LogP contribution is -2.26. The van der Waals surface area contributed by atoms with Gasteiger partial charge in [-0.25, -0.2) is 0 Å². The molecule has 0 radical (unpaired) electrons. The van der Waals surface area contributed by atoms with Gasteiger partial charge in [0.05, 0.1) is 0 Å². The van der Waals surface area contributed by atoms with Gasteiger partial charge in [0, 0.05) is 12.6 Å². The topological polar surface area (TPSA) is 29.3 Å². The van der Waals surface area contributed by atoms with Crippen LogP contribution in [0.4, 0.5) is 0 Å². The molecule has 0 spiro atoms. The van der Waals surface area contributed by atoms with Crippen molar-refractivity contribution in [2.24, 2.45) is 5.73 Å². The van der Waals surface area contributed by atoms with Crippen molar-refractivity contribution in [2.75, 3.05) is 19.6 Å². The SMILES string of the molecule is C=CCN(CCC)CCCCC(C)N. The highest BCUT2D eigenvalue weighted by Crippen LogP contribution is 2.01. The second-order valence-electron chi connectivity index (χ2n) is 4.06. The molecule has 0 amide bonds. The summed E-state index contributed by atoms with van der Waals surface area (Å²) in [6.45, 7) is 11.5. The summed E-state index contributed by atoms with van der Waals surface area (Å²) in [6, 6.07) is 0.356. The predicted molar refractivity (Wildman–Crippen MR) is 64.4 cm³/mol. The van der Waals surface area contributed by atoms with E-state index in [1.165, 1.54) is 32.4 Å². The molecule has 1 unspecified atom stereocenters. The fourth-order valence-corrected chi connectivity index (χ4v) is 1.59. The van der Waals surface area contributed by atoms with Crippen molar-refractivity contribution in [1.82, 2.24) is 4.90 Å². The van der Waals surface area contributed by atoms with E-state index in [0.717, 1.165) is 13.0 Å². The summed E-state index contributed by atoms with van der Waals surface area (Å²) >= 11 is 0. The molecule has 0 fully saturated rings. The number of nitrogens with zero attached hydrogens (tertiary/aromatic N) is 1. The van der Waals surface area contributed by atoms with Crippen LogP contribution >= 0.6 is 0 Å². The molecule has 2 heteroatoms. The molecule has 0 saturated carbocycles. The van der Waals surface area contributed by atoms with Gasteiger partial charge in [-0.15, -0.1) is 6.58 Å². The number of unbranched alkanes of at least 4 members (excludes halogenated alkanes) is 1. The van der Waals surface area contributed by atoms with Gasteiger partial charge in [-0.1, -0.05) is 19.4 Å². The number of hydrogen-bond acceptors (Lipinski definition) is 2. The highest BCUT2D eigenvalue weighted by molar-refractivity contribution is 4.73. The summed E-state index contributed by atoms with van der Waals surface area (Å²) in [5, 5.41) is 0. The van der Waals surface area contributed by atoms with Gasteiger partial charge < -0.3 is 5.73 Å². The van der Waals surface area contributed by atoms with Crippen molar-refractivity contribution >= 4 is 0 Å². The molecule has 0 heterocycles. The van der Waals surface area contributed by atoms with Gasteiger partial charge >= 0.3 is 0 Å². The van der Waals surface area contributed by atoms with Crippen molar-refractivity contribution in [3.63, 3.8) is 0 Å². The van der Waals surface area contributed by atoms with E-state index in [1.54, 1.807) is 0 Å². The molecule has 0 bridgehead atoms. The van der Waals surface area contributed by atoms with E-state index >= 15 is 0 Å². The second kappa shape index (κ2) is 9.22. The summed E-state index contributed by atoms with van der Waals surface area (Å²) in [5.41, 5.74) is 5.70. The number of rotatable bonds is 9. The predicted octanol–water partition coefficient (Wildman–Crippen LogP) is 2.40. The molecule has 0 aliphatic rings. The van der Waals surface area contributed by atoms with E-state index < -0.39 is 0 Å². The molecule has 2 nitrogen and oxygen atoms in total. The number of nitrogens with two attached hydrogens (primary N) is 1. The minimum Gasteiger partial charge on any atom is -0.328 e. The summed E-state index contributed by atoms with van der Waals surface area (Å²) < 4.78 is 0. The second-order valence-corrected chi connectivity index (χ2v) is 4.06. The van der Waals surface area contributed by atoms with Crippen molar-refractivity contribution < 1.29 is 0 Å². The third-order valence-corrected chi connectivity index (χ3v) is 2.31. The molecule has 0 aromatic heterocycles. The van der Waals surface area contributed by atoms with Gasteiger partial charge in [-0.2, -0.15) is 0 Å². The first-order chi connectivity index (χ1) is 6.70. The standard InChI is InChI=1S/C12H26N2/c1-4-9-14(10-5-2)11-7-6-8-12(3)13/h4,12H,1,5-11,13H2,2-3H3. The zero-order valence-corrected chi connectivity index (χ0v) is 9.84. The zero-order valence-electron chi connectivity index (χ0n) is 9.84. The van der Waals surface area contributed by atoms with Crippen molar-refractivity contribution in [3.8, 4) is 0 Å². The van der Waals surface area contributed by atoms with Crippen LogP contribution in [0.5, 0.6) is 0 Å².